The molecule has 0 spiro atoms. The fourth-order valence-electron chi connectivity index (χ4n) is 1.22. The molecule has 7 heteroatoms. The standard InChI is InChI=1S/C11H12F3NO3/c1-17-6-7-18-15-10(16)8-4-2-3-5-9(8)11(12,13)14/h2-5H,6-7H2,1H3,(H,15,16). The van der Waals surface area contributed by atoms with Gasteiger partial charge < -0.3 is 4.74 Å². The molecule has 1 aromatic carbocycles. The molecule has 0 aliphatic heterocycles. The first-order valence-corrected chi connectivity index (χ1v) is 5.04. The van der Waals surface area contributed by atoms with Crippen molar-refractivity contribution >= 4 is 5.91 Å². The summed E-state index contributed by atoms with van der Waals surface area (Å²) in [5, 5.41) is 0. The molecule has 0 fully saturated rings. The summed E-state index contributed by atoms with van der Waals surface area (Å²) < 4.78 is 42.5. The number of carbonyl (C=O) groups is 1. The van der Waals surface area contributed by atoms with Crippen LogP contribution in [-0.2, 0) is 15.8 Å². The first-order valence-electron chi connectivity index (χ1n) is 5.04. The SMILES string of the molecule is COCCONC(=O)c1ccccc1C(F)(F)F. The van der Waals surface area contributed by atoms with E-state index in [1.807, 2.05) is 5.48 Å². The van der Waals surface area contributed by atoms with Crippen LogP contribution in [0.25, 0.3) is 0 Å². The van der Waals surface area contributed by atoms with Crippen molar-refractivity contribution in [2.45, 2.75) is 6.18 Å². The summed E-state index contributed by atoms with van der Waals surface area (Å²) in [4.78, 5) is 16.2. The van der Waals surface area contributed by atoms with Gasteiger partial charge in [-0.2, -0.15) is 13.2 Å². The van der Waals surface area contributed by atoms with Crippen LogP contribution in [0.5, 0.6) is 0 Å². The highest BCUT2D eigenvalue weighted by Gasteiger charge is 2.34. The van der Waals surface area contributed by atoms with Gasteiger partial charge >= 0.3 is 6.18 Å². The summed E-state index contributed by atoms with van der Waals surface area (Å²) in [7, 11) is 1.43. The Bertz CT molecular complexity index is 407. The fourth-order valence-corrected chi connectivity index (χ4v) is 1.22. The molecule has 0 radical (unpaired) electrons. The van der Waals surface area contributed by atoms with Crippen LogP contribution < -0.4 is 5.48 Å². The Labute approximate surface area is 102 Å². The van der Waals surface area contributed by atoms with Gasteiger partial charge in [0.25, 0.3) is 5.91 Å². The molecular formula is C11H12F3NO3. The third-order valence-electron chi connectivity index (χ3n) is 2.03. The molecule has 1 amide bonds. The lowest BCUT2D eigenvalue weighted by Gasteiger charge is -2.12. The van der Waals surface area contributed by atoms with E-state index < -0.39 is 23.2 Å². The third-order valence-corrected chi connectivity index (χ3v) is 2.03. The molecule has 0 unspecified atom stereocenters. The lowest BCUT2D eigenvalue weighted by atomic mass is 10.1. The van der Waals surface area contributed by atoms with E-state index in [2.05, 4.69) is 9.57 Å². The van der Waals surface area contributed by atoms with Crippen molar-refractivity contribution in [1.29, 1.82) is 0 Å². The van der Waals surface area contributed by atoms with Gasteiger partial charge in [0.1, 0.15) is 0 Å². The number of amides is 1. The molecule has 0 saturated heterocycles. The molecule has 0 atom stereocenters. The molecule has 100 valence electrons. The van der Waals surface area contributed by atoms with E-state index in [1.165, 1.54) is 19.2 Å². The summed E-state index contributed by atoms with van der Waals surface area (Å²) in [6.07, 6.45) is -4.58. The quantitative estimate of drug-likeness (QED) is 0.653. The Morgan fingerprint density at radius 1 is 1.28 bits per heavy atom. The third kappa shape index (κ3) is 4.01. The number of hydroxylamine groups is 1. The molecule has 1 aromatic rings. The Balaban J connectivity index is 2.74. The zero-order chi connectivity index (χ0) is 13.6. The number of methoxy groups -OCH3 is 1. The number of carbonyl (C=O) groups excluding carboxylic acids is 1. The summed E-state index contributed by atoms with van der Waals surface area (Å²) in [6.45, 7) is 0.275. The first kappa shape index (κ1) is 14.5. The molecule has 0 aliphatic carbocycles. The van der Waals surface area contributed by atoms with E-state index in [0.717, 1.165) is 12.1 Å². The van der Waals surface area contributed by atoms with Crippen LogP contribution in [0.15, 0.2) is 24.3 Å². The van der Waals surface area contributed by atoms with Crippen LogP contribution in [0.2, 0.25) is 0 Å². The van der Waals surface area contributed by atoms with Crippen LogP contribution >= 0.6 is 0 Å². The summed E-state index contributed by atoms with van der Waals surface area (Å²) >= 11 is 0. The molecule has 0 saturated carbocycles. The highest BCUT2D eigenvalue weighted by molar-refractivity contribution is 5.95. The van der Waals surface area contributed by atoms with Gasteiger partial charge in [-0.3, -0.25) is 9.63 Å². The monoisotopic (exact) mass is 263 g/mol. The average molecular weight is 263 g/mol. The van der Waals surface area contributed by atoms with Crippen LogP contribution in [0, 0.1) is 0 Å². The molecular weight excluding hydrogens is 251 g/mol. The van der Waals surface area contributed by atoms with E-state index in [-0.39, 0.29) is 13.2 Å². The highest BCUT2D eigenvalue weighted by atomic mass is 19.4. The van der Waals surface area contributed by atoms with Gasteiger partial charge in [-0.1, -0.05) is 12.1 Å². The summed E-state index contributed by atoms with van der Waals surface area (Å²) in [5.41, 5.74) is 0.441. The minimum Gasteiger partial charge on any atom is -0.382 e. The van der Waals surface area contributed by atoms with E-state index in [9.17, 15) is 18.0 Å². The first-order chi connectivity index (χ1) is 8.46. The molecule has 1 rings (SSSR count). The smallest absolute Gasteiger partial charge is 0.382 e. The molecule has 1 N–H and O–H groups in total. The Morgan fingerprint density at radius 2 is 1.94 bits per heavy atom. The van der Waals surface area contributed by atoms with E-state index in [1.54, 1.807) is 0 Å². The predicted octanol–water partition coefficient (Wildman–Crippen LogP) is 2.01. The van der Waals surface area contributed by atoms with Crippen molar-refractivity contribution in [2.24, 2.45) is 0 Å². The van der Waals surface area contributed by atoms with Crippen molar-refractivity contribution in [1.82, 2.24) is 5.48 Å². The number of nitrogens with one attached hydrogen (secondary N) is 1. The molecule has 0 bridgehead atoms. The van der Waals surface area contributed by atoms with Gasteiger partial charge in [-0.05, 0) is 12.1 Å². The normalized spacial score (nSPS) is 11.3. The number of benzene rings is 1. The molecule has 18 heavy (non-hydrogen) atoms. The van der Waals surface area contributed by atoms with Crippen molar-refractivity contribution < 1.29 is 27.5 Å². The Kier molecular flexibility index (Phi) is 5.11. The van der Waals surface area contributed by atoms with Crippen LogP contribution in [-0.4, -0.2) is 26.2 Å². The number of hydrogen-bond donors (Lipinski definition) is 1. The molecule has 4 nitrogen and oxygen atoms in total. The number of halogens is 3. The second-order valence-corrected chi connectivity index (χ2v) is 3.32. The zero-order valence-corrected chi connectivity index (χ0v) is 9.58. The molecule has 0 heterocycles. The highest BCUT2D eigenvalue weighted by Crippen LogP contribution is 2.31. The Morgan fingerprint density at radius 3 is 2.56 bits per heavy atom. The van der Waals surface area contributed by atoms with E-state index in [4.69, 9.17) is 0 Å². The average Bonchev–Trinajstić information content (AvgIpc) is 2.33. The topological polar surface area (TPSA) is 47.6 Å². The minimum absolute atomic E-state index is 0.0520. The van der Waals surface area contributed by atoms with Crippen LogP contribution in [0.1, 0.15) is 15.9 Å². The number of rotatable bonds is 5. The lowest BCUT2D eigenvalue weighted by Crippen LogP contribution is -2.27. The minimum atomic E-state index is -4.58. The van der Waals surface area contributed by atoms with Crippen molar-refractivity contribution in [3.8, 4) is 0 Å². The lowest BCUT2D eigenvalue weighted by molar-refractivity contribution is -0.138. The maximum absolute atomic E-state index is 12.6. The van der Waals surface area contributed by atoms with Crippen molar-refractivity contribution in [2.75, 3.05) is 20.3 Å². The van der Waals surface area contributed by atoms with E-state index in [0.29, 0.717) is 0 Å². The van der Waals surface area contributed by atoms with Crippen molar-refractivity contribution in [3.63, 3.8) is 0 Å². The summed E-state index contributed by atoms with van der Waals surface area (Å²) in [5.74, 6) is -0.945. The number of ether oxygens (including phenoxy) is 1. The molecule has 0 aromatic heterocycles. The fraction of sp³-hybridized carbons (Fsp3) is 0.364. The van der Waals surface area contributed by atoms with Crippen molar-refractivity contribution in [3.05, 3.63) is 35.4 Å². The predicted molar refractivity (Wildman–Crippen MR) is 56.7 cm³/mol. The summed E-state index contributed by atoms with van der Waals surface area (Å²) in [6, 6.07) is 4.48. The van der Waals surface area contributed by atoms with Gasteiger partial charge in [0.05, 0.1) is 24.3 Å². The number of alkyl halides is 3. The Hall–Kier alpha value is -1.60. The van der Waals surface area contributed by atoms with Gasteiger partial charge in [0.15, 0.2) is 0 Å². The second kappa shape index (κ2) is 6.36. The van der Waals surface area contributed by atoms with E-state index >= 15 is 0 Å². The van der Waals surface area contributed by atoms with Gasteiger partial charge in [0, 0.05) is 7.11 Å². The van der Waals surface area contributed by atoms with Gasteiger partial charge in [-0.15, -0.1) is 0 Å². The van der Waals surface area contributed by atoms with Crippen LogP contribution in [0.3, 0.4) is 0 Å². The second-order valence-electron chi connectivity index (χ2n) is 3.32. The van der Waals surface area contributed by atoms with Gasteiger partial charge in [-0.25, -0.2) is 5.48 Å². The zero-order valence-electron chi connectivity index (χ0n) is 9.58. The largest absolute Gasteiger partial charge is 0.417 e. The van der Waals surface area contributed by atoms with Crippen LogP contribution in [0.4, 0.5) is 13.2 Å². The molecule has 0 aliphatic rings. The number of hydrogen-bond acceptors (Lipinski definition) is 3. The van der Waals surface area contributed by atoms with Gasteiger partial charge in [0.2, 0.25) is 0 Å². The maximum Gasteiger partial charge on any atom is 0.417 e. The maximum atomic E-state index is 12.6.